The number of nitrogens with zero attached hydrogens (tertiary/aromatic N) is 2. The van der Waals surface area contributed by atoms with Crippen molar-refractivity contribution in [3.63, 3.8) is 0 Å². The van der Waals surface area contributed by atoms with Gasteiger partial charge in [-0.3, -0.25) is 9.10 Å². The van der Waals surface area contributed by atoms with Crippen LogP contribution in [0.3, 0.4) is 0 Å². The van der Waals surface area contributed by atoms with E-state index in [0.717, 1.165) is 19.6 Å². The fourth-order valence-electron chi connectivity index (χ4n) is 3.63. The molecule has 1 aliphatic rings. The van der Waals surface area contributed by atoms with Crippen molar-refractivity contribution in [2.24, 2.45) is 0 Å². The Morgan fingerprint density at radius 2 is 1.87 bits per heavy atom. The quantitative estimate of drug-likeness (QED) is 0.574. The topological polar surface area (TPSA) is 69.7 Å². The van der Waals surface area contributed by atoms with Gasteiger partial charge in [0.25, 0.3) is 15.9 Å². The molecule has 3 rings (SSSR count). The van der Waals surface area contributed by atoms with E-state index in [0.29, 0.717) is 22.8 Å². The third-order valence-electron chi connectivity index (χ3n) is 5.26. The van der Waals surface area contributed by atoms with Crippen molar-refractivity contribution in [3.8, 4) is 0 Å². The number of likely N-dealkylation sites (tertiary alicyclic amines) is 1. The lowest BCUT2D eigenvalue weighted by Gasteiger charge is -2.26. The van der Waals surface area contributed by atoms with Crippen molar-refractivity contribution in [1.29, 1.82) is 0 Å². The van der Waals surface area contributed by atoms with Crippen molar-refractivity contribution >= 4 is 33.2 Å². The van der Waals surface area contributed by atoms with Crippen molar-refractivity contribution in [3.05, 3.63) is 71.8 Å². The highest BCUT2D eigenvalue weighted by Gasteiger charge is 2.26. The largest absolute Gasteiger partial charge is 0.351 e. The molecule has 8 heteroatoms. The maximum Gasteiger partial charge on any atom is 0.264 e. The van der Waals surface area contributed by atoms with E-state index in [1.807, 2.05) is 0 Å². The van der Waals surface area contributed by atoms with Crippen molar-refractivity contribution < 1.29 is 13.2 Å². The molecule has 0 atom stereocenters. The Hall–Kier alpha value is -2.35. The molecule has 0 radical (unpaired) electrons. The maximum atomic E-state index is 13.4. The van der Waals surface area contributed by atoms with Gasteiger partial charge in [0.15, 0.2) is 0 Å². The molecule has 1 N–H and O–H groups in total. The summed E-state index contributed by atoms with van der Waals surface area (Å²) in [6.45, 7) is 7.16. The summed E-state index contributed by atoms with van der Waals surface area (Å²) < 4.78 is 27.9. The zero-order chi connectivity index (χ0) is 22.3. The van der Waals surface area contributed by atoms with Gasteiger partial charge >= 0.3 is 0 Å². The Morgan fingerprint density at radius 3 is 2.58 bits per heavy atom. The van der Waals surface area contributed by atoms with Crippen LogP contribution in [0.15, 0.2) is 66.1 Å². The summed E-state index contributed by atoms with van der Waals surface area (Å²) in [5.41, 5.74) is 0.665. The van der Waals surface area contributed by atoms with Gasteiger partial charge in [-0.1, -0.05) is 42.3 Å². The summed E-state index contributed by atoms with van der Waals surface area (Å²) in [7, 11) is -3.94. The Kier molecular flexibility index (Phi) is 8.12. The van der Waals surface area contributed by atoms with Crippen LogP contribution in [0.2, 0.25) is 5.02 Å². The molecular weight excluding hydrogens is 434 g/mol. The Balaban J connectivity index is 1.76. The van der Waals surface area contributed by atoms with Gasteiger partial charge in [-0.05, 0) is 56.3 Å². The molecule has 1 heterocycles. The molecule has 0 bridgehead atoms. The molecule has 0 aliphatic carbocycles. The molecule has 2 aromatic carbocycles. The SMILES string of the molecule is C=CCN(c1ccccc1Cl)S(=O)(=O)c1cccc(C(=O)NCCN2CCCCC2)c1. The van der Waals surface area contributed by atoms with Crippen molar-refractivity contribution in [2.75, 3.05) is 37.0 Å². The van der Waals surface area contributed by atoms with E-state index in [1.54, 1.807) is 36.4 Å². The average Bonchev–Trinajstić information content (AvgIpc) is 2.79. The smallest absolute Gasteiger partial charge is 0.264 e. The standard InChI is InChI=1S/C23H28ClN3O3S/c1-2-14-27(22-12-5-4-11-21(22)24)31(29,30)20-10-8-9-19(18-20)23(28)25-13-17-26-15-6-3-7-16-26/h2,4-5,8-12,18H,1,3,6-7,13-17H2,(H,25,28). The second kappa shape index (κ2) is 10.8. The van der Waals surface area contributed by atoms with Crippen LogP contribution in [-0.2, 0) is 10.0 Å². The fraction of sp³-hybridized carbons (Fsp3) is 0.348. The number of hydrogen-bond donors (Lipinski definition) is 1. The van der Waals surface area contributed by atoms with Crippen LogP contribution < -0.4 is 9.62 Å². The fourth-order valence-corrected chi connectivity index (χ4v) is 5.42. The van der Waals surface area contributed by atoms with E-state index < -0.39 is 10.0 Å². The minimum atomic E-state index is -3.94. The Bertz CT molecular complexity index is 1020. The van der Waals surface area contributed by atoms with Gasteiger partial charge in [0, 0.05) is 18.7 Å². The van der Waals surface area contributed by atoms with E-state index >= 15 is 0 Å². The molecule has 166 valence electrons. The number of hydrogen-bond acceptors (Lipinski definition) is 4. The van der Waals surface area contributed by atoms with Gasteiger partial charge in [-0.25, -0.2) is 8.42 Å². The summed E-state index contributed by atoms with van der Waals surface area (Å²) in [6, 6.07) is 12.8. The number of benzene rings is 2. The van der Waals surface area contributed by atoms with Gasteiger partial charge in [-0.2, -0.15) is 0 Å². The van der Waals surface area contributed by atoms with Crippen LogP contribution in [0.4, 0.5) is 5.69 Å². The van der Waals surface area contributed by atoms with Crippen LogP contribution in [0.25, 0.3) is 0 Å². The normalized spacial score (nSPS) is 14.7. The van der Waals surface area contributed by atoms with Gasteiger partial charge in [-0.15, -0.1) is 6.58 Å². The van der Waals surface area contributed by atoms with Gasteiger partial charge in [0.05, 0.1) is 22.2 Å². The molecule has 1 fully saturated rings. The first-order valence-corrected chi connectivity index (χ1v) is 12.2. The lowest BCUT2D eigenvalue weighted by molar-refractivity contribution is 0.0946. The van der Waals surface area contributed by atoms with Crippen LogP contribution in [-0.4, -0.2) is 51.9 Å². The highest BCUT2D eigenvalue weighted by atomic mass is 35.5. The van der Waals surface area contributed by atoms with Gasteiger partial charge < -0.3 is 10.2 Å². The molecular formula is C23H28ClN3O3S. The predicted molar refractivity (Wildman–Crippen MR) is 125 cm³/mol. The zero-order valence-electron chi connectivity index (χ0n) is 17.5. The maximum absolute atomic E-state index is 13.4. The number of para-hydroxylation sites is 1. The van der Waals surface area contributed by atoms with Crippen molar-refractivity contribution in [1.82, 2.24) is 10.2 Å². The highest BCUT2D eigenvalue weighted by Crippen LogP contribution is 2.30. The number of nitrogens with one attached hydrogen (secondary N) is 1. The number of sulfonamides is 1. The Labute approximate surface area is 189 Å². The van der Waals surface area contributed by atoms with Gasteiger partial charge in [0.1, 0.15) is 0 Å². The number of carbonyl (C=O) groups is 1. The molecule has 1 saturated heterocycles. The molecule has 0 unspecified atom stereocenters. The lowest BCUT2D eigenvalue weighted by atomic mass is 10.1. The molecule has 0 spiro atoms. The Morgan fingerprint density at radius 1 is 1.13 bits per heavy atom. The van der Waals surface area contributed by atoms with Crippen LogP contribution >= 0.6 is 11.6 Å². The minimum absolute atomic E-state index is 0.0259. The molecule has 6 nitrogen and oxygen atoms in total. The summed E-state index contributed by atoms with van der Waals surface area (Å²) >= 11 is 6.24. The number of amides is 1. The van der Waals surface area contributed by atoms with Crippen LogP contribution in [0.5, 0.6) is 0 Å². The molecule has 2 aromatic rings. The molecule has 0 saturated carbocycles. The summed E-state index contributed by atoms with van der Waals surface area (Å²) in [5.74, 6) is -0.290. The third kappa shape index (κ3) is 5.87. The number of anilines is 1. The van der Waals surface area contributed by atoms with E-state index in [2.05, 4.69) is 16.8 Å². The van der Waals surface area contributed by atoms with Crippen LogP contribution in [0.1, 0.15) is 29.6 Å². The van der Waals surface area contributed by atoms with Crippen LogP contribution in [0, 0.1) is 0 Å². The highest BCUT2D eigenvalue weighted by molar-refractivity contribution is 7.92. The predicted octanol–water partition coefficient (Wildman–Crippen LogP) is 3.94. The zero-order valence-corrected chi connectivity index (χ0v) is 19.0. The molecule has 1 aliphatic heterocycles. The third-order valence-corrected chi connectivity index (χ3v) is 7.36. The van der Waals surface area contributed by atoms with Gasteiger partial charge in [0.2, 0.25) is 0 Å². The molecule has 0 aromatic heterocycles. The first-order chi connectivity index (χ1) is 14.9. The number of carbonyl (C=O) groups excluding carboxylic acids is 1. The average molecular weight is 462 g/mol. The molecule has 1 amide bonds. The first-order valence-electron chi connectivity index (χ1n) is 10.4. The monoisotopic (exact) mass is 461 g/mol. The van der Waals surface area contributed by atoms with E-state index in [-0.39, 0.29) is 17.3 Å². The first kappa shape index (κ1) is 23.3. The van der Waals surface area contributed by atoms with E-state index in [4.69, 9.17) is 11.6 Å². The second-order valence-corrected chi connectivity index (χ2v) is 9.73. The second-order valence-electron chi connectivity index (χ2n) is 7.46. The summed E-state index contributed by atoms with van der Waals surface area (Å²) in [4.78, 5) is 15.0. The molecule has 31 heavy (non-hydrogen) atoms. The number of rotatable bonds is 9. The number of halogens is 1. The summed E-state index contributed by atoms with van der Waals surface area (Å²) in [5, 5.41) is 3.21. The number of piperidine rings is 1. The van der Waals surface area contributed by atoms with Crippen molar-refractivity contribution in [2.45, 2.75) is 24.2 Å². The van der Waals surface area contributed by atoms with E-state index in [1.165, 1.54) is 41.8 Å². The van der Waals surface area contributed by atoms with E-state index in [9.17, 15) is 13.2 Å². The summed E-state index contributed by atoms with van der Waals surface area (Å²) in [6.07, 6.45) is 5.15. The minimum Gasteiger partial charge on any atom is -0.351 e. The lowest BCUT2D eigenvalue weighted by Crippen LogP contribution is -2.37.